The van der Waals surface area contributed by atoms with Crippen molar-refractivity contribution in [2.24, 2.45) is 23.3 Å². The summed E-state index contributed by atoms with van der Waals surface area (Å²) in [5, 5.41) is 39.9. The lowest BCUT2D eigenvalue weighted by Gasteiger charge is -2.41. The normalized spacial score (nSPS) is 28.3. The van der Waals surface area contributed by atoms with Crippen molar-refractivity contribution in [1.82, 2.24) is 5.32 Å². The molecule has 0 radical (unpaired) electrons. The van der Waals surface area contributed by atoms with E-state index in [0.717, 1.165) is 0 Å². The minimum Gasteiger partial charge on any atom is -0.480 e. The Labute approximate surface area is 147 Å². The minimum atomic E-state index is -1.50. The van der Waals surface area contributed by atoms with E-state index in [1.807, 2.05) is 0 Å². The molecule has 1 aliphatic rings. The molecule has 9 N–H and O–H groups in total. The van der Waals surface area contributed by atoms with E-state index in [4.69, 9.17) is 21.5 Å². The predicted molar refractivity (Wildman–Crippen MR) is 92.3 cm³/mol. The van der Waals surface area contributed by atoms with E-state index in [-0.39, 0.29) is 25.2 Å². The third-order valence-corrected chi connectivity index (χ3v) is 5.08. The van der Waals surface area contributed by atoms with Gasteiger partial charge in [0.25, 0.3) is 0 Å². The third kappa shape index (κ3) is 5.93. The number of nitrogens with two attached hydrogens (primary N) is 2. The number of hydrogen-bond donors (Lipinski definition) is 7. The molecule has 0 spiro atoms. The van der Waals surface area contributed by atoms with Crippen molar-refractivity contribution < 1.29 is 29.9 Å². The third-order valence-electron chi connectivity index (χ3n) is 5.08. The average molecular weight is 359 g/mol. The molecule has 0 aromatic carbocycles. The first-order valence-corrected chi connectivity index (χ1v) is 8.52. The summed E-state index contributed by atoms with van der Waals surface area (Å²) in [5.41, 5.74) is 8.91. The van der Waals surface area contributed by atoms with Gasteiger partial charge in [0.2, 0.25) is 5.91 Å². The molecule has 1 saturated carbocycles. The van der Waals surface area contributed by atoms with Crippen LogP contribution in [0.25, 0.3) is 0 Å². The summed E-state index contributed by atoms with van der Waals surface area (Å²) in [6, 6.07) is -1.13. The van der Waals surface area contributed by atoms with Crippen LogP contribution < -0.4 is 16.8 Å². The number of carbonyl (C=O) groups is 2. The van der Waals surface area contributed by atoms with Gasteiger partial charge >= 0.3 is 13.1 Å². The predicted octanol–water partition coefficient (Wildman–Crippen LogP) is -1.74. The maximum atomic E-state index is 12.0. The zero-order valence-electron chi connectivity index (χ0n) is 14.8. The van der Waals surface area contributed by atoms with Gasteiger partial charge in [-0.15, -0.1) is 0 Å². The summed E-state index contributed by atoms with van der Waals surface area (Å²) in [7, 11) is -1.42. The summed E-state index contributed by atoms with van der Waals surface area (Å²) >= 11 is 0. The topological polar surface area (TPSA) is 179 Å². The van der Waals surface area contributed by atoms with Crippen molar-refractivity contribution in [2.75, 3.05) is 6.54 Å². The summed E-state index contributed by atoms with van der Waals surface area (Å²) in [4.78, 5) is 23.7. The second-order valence-corrected chi connectivity index (χ2v) is 7.62. The van der Waals surface area contributed by atoms with Gasteiger partial charge in [0.1, 0.15) is 11.6 Å². The number of carboxylic acids is 1. The van der Waals surface area contributed by atoms with Crippen molar-refractivity contribution in [3.8, 4) is 0 Å². The SMILES string of the molecule is CC(C)(O)[C@H](N)C(=O)NC[C@@H]1CC[C@@H](CCB(O)O)C[C@]1(N)C(=O)O. The molecule has 4 atom stereocenters. The molecule has 0 bridgehead atoms. The van der Waals surface area contributed by atoms with Crippen LogP contribution in [0, 0.1) is 11.8 Å². The zero-order chi connectivity index (χ0) is 19.4. The van der Waals surface area contributed by atoms with Gasteiger partial charge in [-0.2, -0.15) is 0 Å². The number of carboxylic acid groups (broad SMARTS) is 1. The molecule has 144 valence electrons. The minimum absolute atomic E-state index is 0.0199. The Balaban J connectivity index is 2.70. The number of nitrogens with one attached hydrogen (secondary N) is 1. The van der Waals surface area contributed by atoms with Gasteiger partial charge < -0.3 is 37.0 Å². The van der Waals surface area contributed by atoms with E-state index in [9.17, 15) is 19.8 Å². The van der Waals surface area contributed by atoms with Crippen LogP contribution in [0.3, 0.4) is 0 Å². The first-order chi connectivity index (χ1) is 11.4. The highest BCUT2D eigenvalue weighted by Gasteiger charge is 2.47. The van der Waals surface area contributed by atoms with Crippen molar-refractivity contribution in [2.45, 2.75) is 63.0 Å². The Morgan fingerprint density at radius 2 is 1.96 bits per heavy atom. The quantitative estimate of drug-likeness (QED) is 0.250. The second kappa shape index (κ2) is 8.46. The molecule has 0 heterocycles. The standard InChI is InChI=1S/C15H30BN3O6/c1-14(2,23)11(17)12(20)19-8-10-4-3-9(5-6-16(24)25)7-15(10,18)13(21)22/h9-11,23-25H,3-8,17-18H2,1-2H3,(H,19,20)(H,21,22)/t9-,10-,11+,15+/m0/s1. The van der Waals surface area contributed by atoms with Crippen LogP contribution >= 0.6 is 0 Å². The molecule has 9 nitrogen and oxygen atoms in total. The molecule has 10 heteroatoms. The second-order valence-electron chi connectivity index (χ2n) is 7.62. The van der Waals surface area contributed by atoms with E-state index >= 15 is 0 Å². The molecule has 0 saturated heterocycles. The van der Waals surface area contributed by atoms with Crippen LogP contribution in [0.5, 0.6) is 0 Å². The van der Waals surface area contributed by atoms with E-state index in [2.05, 4.69) is 5.32 Å². The van der Waals surface area contributed by atoms with Gasteiger partial charge in [0.05, 0.1) is 5.60 Å². The van der Waals surface area contributed by atoms with E-state index < -0.39 is 42.1 Å². The van der Waals surface area contributed by atoms with E-state index in [0.29, 0.717) is 19.3 Å². The highest BCUT2D eigenvalue weighted by Crippen LogP contribution is 2.38. The lowest BCUT2D eigenvalue weighted by molar-refractivity contribution is -0.148. The largest absolute Gasteiger partial charge is 0.480 e. The fourth-order valence-corrected chi connectivity index (χ4v) is 3.27. The zero-order valence-corrected chi connectivity index (χ0v) is 14.8. The van der Waals surface area contributed by atoms with Crippen molar-refractivity contribution in [3.63, 3.8) is 0 Å². The number of rotatable bonds is 8. The van der Waals surface area contributed by atoms with Gasteiger partial charge in [-0.3, -0.25) is 9.59 Å². The molecule has 0 unspecified atom stereocenters. The first-order valence-electron chi connectivity index (χ1n) is 8.52. The monoisotopic (exact) mass is 359 g/mol. The number of aliphatic carboxylic acids is 1. The Morgan fingerprint density at radius 3 is 2.44 bits per heavy atom. The Hall–Kier alpha value is -1.20. The summed E-state index contributed by atoms with van der Waals surface area (Å²) in [6.07, 6.45) is 2.03. The van der Waals surface area contributed by atoms with Crippen LogP contribution in [0.2, 0.25) is 6.32 Å². The fourth-order valence-electron chi connectivity index (χ4n) is 3.27. The highest BCUT2D eigenvalue weighted by atomic mass is 16.4. The van der Waals surface area contributed by atoms with Crippen molar-refractivity contribution >= 4 is 19.0 Å². The molecule has 0 aliphatic heterocycles. The molecule has 1 rings (SSSR count). The lowest BCUT2D eigenvalue weighted by Crippen LogP contribution is -2.61. The number of aliphatic hydroxyl groups is 1. The summed E-state index contributed by atoms with van der Waals surface area (Å²) < 4.78 is 0. The molecule has 1 amide bonds. The number of hydrogen-bond acceptors (Lipinski definition) is 7. The van der Waals surface area contributed by atoms with Gasteiger partial charge in [-0.25, -0.2) is 0 Å². The molecule has 1 fully saturated rings. The molecule has 0 aromatic rings. The Kier molecular flexibility index (Phi) is 7.39. The van der Waals surface area contributed by atoms with Gasteiger partial charge in [-0.05, 0) is 45.3 Å². The summed E-state index contributed by atoms with van der Waals surface area (Å²) in [6.45, 7) is 2.89. The first kappa shape index (κ1) is 21.8. The van der Waals surface area contributed by atoms with Crippen LogP contribution in [-0.4, -0.2) is 63.0 Å². The molecular weight excluding hydrogens is 329 g/mol. The molecule has 25 heavy (non-hydrogen) atoms. The van der Waals surface area contributed by atoms with Gasteiger partial charge in [-0.1, -0.05) is 6.42 Å². The maximum absolute atomic E-state index is 12.0. The molecule has 0 aromatic heterocycles. The van der Waals surface area contributed by atoms with E-state index in [1.165, 1.54) is 13.8 Å². The van der Waals surface area contributed by atoms with Crippen LogP contribution in [0.1, 0.15) is 39.5 Å². The summed E-state index contributed by atoms with van der Waals surface area (Å²) in [5.74, 6) is -2.20. The Morgan fingerprint density at radius 1 is 1.36 bits per heavy atom. The molecular formula is C15H30BN3O6. The van der Waals surface area contributed by atoms with Crippen LogP contribution in [0.4, 0.5) is 0 Å². The van der Waals surface area contributed by atoms with Gasteiger partial charge in [0.15, 0.2) is 0 Å². The Bertz CT molecular complexity index is 484. The average Bonchev–Trinajstić information content (AvgIpc) is 2.49. The fraction of sp³-hybridized carbons (Fsp3) is 0.867. The smallest absolute Gasteiger partial charge is 0.451 e. The lowest BCUT2D eigenvalue weighted by atomic mass is 9.66. The number of carbonyl (C=O) groups excluding carboxylic acids is 1. The van der Waals surface area contributed by atoms with Crippen molar-refractivity contribution in [1.29, 1.82) is 0 Å². The molecule has 1 aliphatic carbocycles. The van der Waals surface area contributed by atoms with Crippen LogP contribution in [0.15, 0.2) is 0 Å². The van der Waals surface area contributed by atoms with E-state index in [1.54, 1.807) is 0 Å². The van der Waals surface area contributed by atoms with Crippen molar-refractivity contribution in [3.05, 3.63) is 0 Å². The number of amides is 1. The van der Waals surface area contributed by atoms with Gasteiger partial charge in [0, 0.05) is 12.5 Å². The van der Waals surface area contributed by atoms with Crippen LogP contribution in [-0.2, 0) is 9.59 Å². The highest BCUT2D eigenvalue weighted by molar-refractivity contribution is 6.40. The maximum Gasteiger partial charge on any atom is 0.451 e.